The fourth-order valence-electron chi connectivity index (χ4n) is 3.03. The smallest absolute Gasteiger partial charge is 0.417 e. The Hall–Kier alpha value is -2.16. The van der Waals surface area contributed by atoms with E-state index >= 15 is 0 Å². The monoisotopic (exact) mass is 335 g/mol. The Morgan fingerprint density at radius 1 is 1.21 bits per heavy atom. The largest absolute Gasteiger partial charge is 0.444 e. The number of anilines is 1. The van der Waals surface area contributed by atoms with Crippen LogP contribution >= 0.6 is 0 Å². The molecule has 2 amide bonds. The minimum Gasteiger partial charge on any atom is -0.444 e. The molecule has 2 aliphatic rings. The average molecular weight is 335 g/mol. The highest BCUT2D eigenvalue weighted by atomic mass is 16.6. The summed E-state index contributed by atoms with van der Waals surface area (Å²) in [6.07, 6.45) is 3.08. The highest BCUT2D eigenvalue weighted by molar-refractivity contribution is 5.91. The molecule has 2 fully saturated rings. The number of hydrogen-bond donors (Lipinski definition) is 3. The fourth-order valence-corrected chi connectivity index (χ4v) is 3.03. The summed E-state index contributed by atoms with van der Waals surface area (Å²) in [6, 6.07) is 9.51. The number of ether oxygens (including phenoxy) is 1. The van der Waals surface area contributed by atoms with Gasteiger partial charge < -0.3 is 10.5 Å². The summed E-state index contributed by atoms with van der Waals surface area (Å²) in [5.41, 5.74) is 8.09. The van der Waals surface area contributed by atoms with E-state index in [4.69, 9.17) is 10.6 Å². The minimum absolute atomic E-state index is 0.233. The average Bonchev–Trinajstić information content (AvgIpc) is 2.94. The second-order valence-electron chi connectivity index (χ2n) is 5.84. The summed E-state index contributed by atoms with van der Waals surface area (Å²) < 4.78 is 5.28. The molecular weight excluding hydrogens is 310 g/mol. The number of carbonyl (C=O) groups is 2. The number of nitrogens with zero attached hydrogens (tertiary/aromatic N) is 2. The van der Waals surface area contributed by atoms with Crippen molar-refractivity contribution in [3.8, 4) is 0 Å². The van der Waals surface area contributed by atoms with Crippen molar-refractivity contribution < 1.29 is 14.3 Å². The van der Waals surface area contributed by atoms with E-state index in [1.165, 1.54) is 13.3 Å². The summed E-state index contributed by atoms with van der Waals surface area (Å²) in [5, 5.41) is 0. The van der Waals surface area contributed by atoms with Gasteiger partial charge in [0.1, 0.15) is 6.61 Å². The highest BCUT2D eigenvalue weighted by Crippen LogP contribution is 2.32. The van der Waals surface area contributed by atoms with Crippen molar-refractivity contribution in [1.82, 2.24) is 10.3 Å². The van der Waals surface area contributed by atoms with Crippen LogP contribution in [0.1, 0.15) is 26.2 Å². The van der Waals surface area contributed by atoms with Crippen molar-refractivity contribution in [2.75, 3.05) is 24.6 Å². The number of amides is 2. The van der Waals surface area contributed by atoms with Crippen molar-refractivity contribution in [3.63, 3.8) is 0 Å². The number of piperidine rings is 1. The summed E-state index contributed by atoms with van der Waals surface area (Å²) in [5.74, 6) is 4.71. The van der Waals surface area contributed by atoms with Crippen molar-refractivity contribution in [3.05, 3.63) is 30.3 Å². The van der Waals surface area contributed by atoms with E-state index in [1.54, 1.807) is 4.90 Å². The molecule has 1 aromatic carbocycles. The molecule has 2 aliphatic heterocycles. The third kappa shape index (κ3) is 3.84. The van der Waals surface area contributed by atoms with Gasteiger partial charge in [-0.3, -0.25) is 15.5 Å². The van der Waals surface area contributed by atoms with Gasteiger partial charge >= 0.3 is 6.09 Å². The van der Waals surface area contributed by atoms with Gasteiger partial charge in [0.2, 0.25) is 11.7 Å². The number of carbonyl (C=O) groups excluding carboxylic acids is 2. The van der Waals surface area contributed by atoms with Crippen LogP contribution in [0.2, 0.25) is 0 Å². The summed E-state index contributed by atoms with van der Waals surface area (Å²) >= 11 is 0. The lowest BCUT2D eigenvalue weighted by molar-refractivity contribution is -0.115. The van der Waals surface area contributed by atoms with Crippen LogP contribution in [-0.2, 0) is 9.53 Å². The van der Waals surface area contributed by atoms with Crippen LogP contribution in [0, 0.1) is 0 Å². The zero-order valence-electron chi connectivity index (χ0n) is 13.9. The number of benzene rings is 1. The quantitative estimate of drug-likeness (QED) is 0.554. The third-order valence-corrected chi connectivity index (χ3v) is 4.07. The normalized spacial score (nSPS) is 24.1. The molecule has 0 saturated carbocycles. The lowest BCUT2D eigenvalue weighted by atomic mass is 10.1. The summed E-state index contributed by atoms with van der Waals surface area (Å²) in [6.45, 7) is 3.35. The number of primary amides is 1. The Balaban J connectivity index is 0.000000471. The van der Waals surface area contributed by atoms with E-state index in [2.05, 4.69) is 16.1 Å². The minimum atomic E-state index is -0.779. The number of likely N-dealkylation sites (tertiary alicyclic amines) is 1. The van der Waals surface area contributed by atoms with Gasteiger partial charge in [0.05, 0.1) is 5.69 Å². The molecule has 0 bridgehead atoms. The van der Waals surface area contributed by atoms with E-state index in [-0.39, 0.29) is 18.6 Å². The van der Waals surface area contributed by atoms with E-state index in [1.807, 2.05) is 30.3 Å². The molecule has 0 aromatic heterocycles. The molecule has 1 atom stereocenters. The van der Waals surface area contributed by atoms with E-state index < -0.39 is 5.79 Å². The zero-order chi connectivity index (χ0) is 17.6. The van der Waals surface area contributed by atoms with Crippen molar-refractivity contribution in [2.24, 2.45) is 11.6 Å². The second-order valence-corrected chi connectivity index (χ2v) is 5.84. The molecular formula is C16H25N5O3. The Morgan fingerprint density at radius 3 is 2.33 bits per heavy atom. The van der Waals surface area contributed by atoms with Crippen molar-refractivity contribution in [2.45, 2.75) is 32.0 Å². The van der Waals surface area contributed by atoms with Crippen LogP contribution in [0.25, 0.3) is 0 Å². The van der Waals surface area contributed by atoms with Gasteiger partial charge in [-0.1, -0.05) is 24.6 Å². The van der Waals surface area contributed by atoms with Gasteiger partial charge in [-0.05, 0) is 25.0 Å². The SMILES string of the molecule is CC(N)=O.NNC1(N2CCCCC2)COC(=O)N1c1ccccc1. The standard InChI is InChI=1S/C14H20N4O2.C2H5NO/c15-16-14(17-9-5-2-6-10-17)11-20-13(19)18(14)12-7-3-1-4-8-12;1-2(3)4/h1,3-4,7-8,16H,2,5-6,9-11,15H2;1H3,(H2,3,4). The maximum atomic E-state index is 12.2. The molecule has 5 N–H and O–H groups in total. The molecule has 8 nitrogen and oxygen atoms in total. The summed E-state index contributed by atoms with van der Waals surface area (Å²) in [4.78, 5) is 25.2. The Bertz CT molecular complexity index is 558. The molecule has 0 spiro atoms. The Labute approximate surface area is 141 Å². The first-order valence-electron chi connectivity index (χ1n) is 8.02. The lowest BCUT2D eigenvalue weighted by Gasteiger charge is -2.45. The molecule has 1 aromatic rings. The molecule has 2 heterocycles. The fraction of sp³-hybridized carbons (Fsp3) is 0.500. The highest BCUT2D eigenvalue weighted by Gasteiger charge is 2.52. The van der Waals surface area contributed by atoms with Gasteiger partial charge in [0.15, 0.2) is 0 Å². The predicted molar refractivity (Wildman–Crippen MR) is 90.6 cm³/mol. The van der Waals surface area contributed by atoms with Crippen LogP contribution in [-0.4, -0.2) is 42.4 Å². The van der Waals surface area contributed by atoms with Gasteiger partial charge in [0.25, 0.3) is 0 Å². The van der Waals surface area contributed by atoms with E-state index in [0.717, 1.165) is 31.6 Å². The molecule has 132 valence electrons. The zero-order valence-corrected chi connectivity index (χ0v) is 13.9. The first-order chi connectivity index (χ1) is 11.5. The molecule has 0 radical (unpaired) electrons. The van der Waals surface area contributed by atoms with Gasteiger partial charge in [-0.2, -0.15) is 0 Å². The molecule has 8 heteroatoms. The van der Waals surface area contributed by atoms with E-state index in [9.17, 15) is 9.59 Å². The maximum Gasteiger partial charge on any atom is 0.417 e. The number of hydrazine groups is 1. The van der Waals surface area contributed by atoms with Crippen molar-refractivity contribution in [1.29, 1.82) is 0 Å². The van der Waals surface area contributed by atoms with Gasteiger partial charge in [-0.25, -0.2) is 15.1 Å². The molecule has 24 heavy (non-hydrogen) atoms. The molecule has 3 rings (SSSR count). The first-order valence-corrected chi connectivity index (χ1v) is 8.02. The number of rotatable bonds is 3. The predicted octanol–water partition coefficient (Wildman–Crippen LogP) is 0.738. The molecule has 1 unspecified atom stereocenters. The topological polar surface area (TPSA) is 114 Å². The van der Waals surface area contributed by atoms with Crippen LogP contribution in [0.5, 0.6) is 0 Å². The Morgan fingerprint density at radius 2 is 1.79 bits per heavy atom. The lowest BCUT2D eigenvalue weighted by Crippen LogP contribution is -2.71. The van der Waals surface area contributed by atoms with Gasteiger partial charge in [0, 0.05) is 20.0 Å². The second kappa shape index (κ2) is 8.09. The maximum absolute atomic E-state index is 12.2. The number of hydrogen-bond acceptors (Lipinski definition) is 6. The third-order valence-electron chi connectivity index (χ3n) is 4.07. The van der Waals surface area contributed by atoms with Crippen LogP contribution in [0.4, 0.5) is 10.5 Å². The van der Waals surface area contributed by atoms with Crippen LogP contribution < -0.4 is 21.9 Å². The van der Waals surface area contributed by atoms with Crippen LogP contribution in [0.3, 0.4) is 0 Å². The first kappa shape index (κ1) is 18.2. The Kier molecular flexibility index (Phi) is 6.13. The molecule has 2 saturated heterocycles. The van der Waals surface area contributed by atoms with E-state index in [0.29, 0.717) is 0 Å². The van der Waals surface area contributed by atoms with Gasteiger partial charge in [-0.15, -0.1) is 0 Å². The number of nitrogens with two attached hydrogens (primary N) is 2. The molecule has 0 aliphatic carbocycles. The van der Waals surface area contributed by atoms with Crippen LogP contribution in [0.15, 0.2) is 30.3 Å². The van der Waals surface area contributed by atoms with Crippen molar-refractivity contribution >= 4 is 17.7 Å². The number of nitrogens with one attached hydrogen (secondary N) is 1. The number of para-hydroxylation sites is 1. The number of cyclic esters (lactones) is 1. The summed E-state index contributed by atoms with van der Waals surface area (Å²) in [7, 11) is 0.